The van der Waals surface area contributed by atoms with Crippen LogP contribution >= 0.6 is 11.6 Å². The number of halogens is 1. The maximum atomic E-state index is 12.1. The average Bonchev–Trinajstić information content (AvgIpc) is 2.87. The van der Waals surface area contributed by atoms with Crippen LogP contribution in [0.2, 0.25) is 0 Å². The predicted molar refractivity (Wildman–Crippen MR) is 76.5 cm³/mol. The first-order valence-electron chi connectivity index (χ1n) is 5.93. The highest BCUT2D eigenvalue weighted by atomic mass is 35.5. The number of benzene rings is 2. The summed E-state index contributed by atoms with van der Waals surface area (Å²) in [6.45, 7) is 0. The molecule has 0 N–H and O–H groups in total. The maximum absolute atomic E-state index is 12.1. The third-order valence-corrected chi connectivity index (χ3v) is 3.19. The molecule has 0 aliphatic carbocycles. The number of hydrogen-bond donors (Lipinski definition) is 0. The minimum absolute atomic E-state index is 0.0693. The van der Waals surface area contributed by atoms with Crippen molar-refractivity contribution in [1.29, 1.82) is 0 Å². The van der Waals surface area contributed by atoms with Crippen molar-refractivity contribution >= 4 is 28.5 Å². The van der Waals surface area contributed by atoms with E-state index >= 15 is 0 Å². The monoisotopic (exact) mass is 270 g/mol. The van der Waals surface area contributed by atoms with Crippen LogP contribution in [0.5, 0.6) is 0 Å². The molecule has 0 bridgehead atoms. The summed E-state index contributed by atoms with van der Waals surface area (Å²) < 4.78 is 1.58. The second-order valence-corrected chi connectivity index (χ2v) is 4.42. The van der Waals surface area contributed by atoms with Crippen LogP contribution in [0.25, 0.3) is 22.4 Å². The SMILES string of the molecule is O=C(CCl)n1c(-c2ccccc2)nc2ccccc21. The van der Waals surface area contributed by atoms with E-state index in [0.717, 1.165) is 16.6 Å². The summed E-state index contributed by atoms with van der Waals surface area (Å²) in [5.41, 5.74) is 2.48. The van der Waals surface area contributed by atoms with E-state index in [4.69, 9.17) is 11.6 Å². The standard InChI is InChI=1S/C15H11ClN2O/c16-10-14(19)18-13-9-5-4-8-12(13)17-15(18)11-6-2-1-3-7-11/h1-9H,10H2. The Morgan fingerprint density at radius 1 is 1.05 bits per heavy atom. The van der Waals surface area contributed by atoms with Gasteiger partial charge in [-0.1, -0.05) is 42.5 Å². The normalized spacial score (nSPS) is 10.8. The molecule has 0 aliphatic rings. The van der Waals surface area contributed by atoms with Crippen LogP contribution in [0, 0.1) is 0 Å². The summed E-state index contributed by atoms with van der Waals surface area (Å²) in [5, 5.41) is 0. The van der Waals surface area contributed by atoms with Gasteiger partial charge < -0.3 is 0 Å². The van der Waals surface area contributed by atoms with Gasteiger partial charge in [0.15, 0.2) is 0 Å². The van der Waals surface area contributed by atoms with E-state index < -0.39 is 0 Å². The number of aromatic nitrogens is 2. The van der Waals surface area contributed by atoms with Crippen LogP contribution in [0.4, 0.5) is 0 Å². The van der Waals surface area contributed by atoms with Crippen molar-refractivity contribution in [3.05, 3.63) is 54.6 Å². The minimum atomic E-state index is -0.172. The molecule has 3 nitrogen and oxygen atoms in total. The fraction of sp³-hybridized carbons (Fsp3) is 0.0667. The lowest BCUT2D eigenvalue weighted by Gasteiger charge is -2.05. The van der Waals surface area contributed by atoms with Crippen molar-refractivity contribution in [3.8, 4) is 11.4 Å². The summed E-state index contributed by atoms with van der Waals surface area (Å²) in [7, 11) is 0. The number of hydrogen-bond acceptors (Lipinski definition) is 2. The molecule has 2 aromatic carbocycles. The summed E-state index contributed by atoms with van der Waals surface area (Å²) in [6, 6.07) is 17.2. The smallest absolute Gasteiger partial charge is 0.247 e. The molecule has 1 heterocycles. The van der Waals surface area contributed by atoms with Gasteiger partial charge in [-0.15, -0.1) is 11.6 Å². The van der Waals surface area contributed by atoms with Gasteiger partial charge in [0.1, 0.15) is 11.7 Å². The van der Waals surface area contributed by atoms with Crippen LogP contribution in [0.3, 0.4) is 0 Å². The van der Waals surface area contributed by atoms with Crippen LogP contribution in [-0.2, 0) is 0 Å². The molecule has 0 unspecified atom stereocenters. The van der Waals surface area contributed by atoms with E-state index in [1.165, 1.54) is 0 Å². The lowest BCUT2D eigenvalue weighted by Crippen LogP contribution is -2.13. The van der Waals surface area contributed by atoms with Crippen LogP contribution in [0.1, 0.15) is 4.79 Å². The highest BCUT2D eigenvalue weighted by Gasteiger charge is 2.16. The van der Waals surface area contributed by atoms with E-state index in [0.29, 0.717) is 5.82 Å². The molecule has 94 valence electrons. The average molecular weight is 271 g/mol. The second-order valence-electron chi connectivity index (χ2n) is 4.15. The Morgan fingerprint density at radius 3 is 2.47 bits per heavy atom. The number of carbonyl (C=O) groups excluding carboxylic acids is 1. The third-order valence-electron chi connectivity index (χ3n) is 2.96. The number of fused-ring (bicyclic) bond motifs is 1. The van der Waals surface area contributed by atoms with Gasteiger partial charge in [-0.25, -0.2) is 4.98 Å². The van der Waals surface area contributed by atoms with Gasteiger partial charge in [-0.2, -0.15) is 0 Å². The molecule has 4 heteroatoms. The summed E-state index contributed by atoms with van der Waals surface area (Å²) in [6.07, 6.45) is 0. The van der Waals surface area contributed by atoms with Gasteiger partial charge in [-0.05, 0) is 12.1 Å². The van der Waals surface area contributed by atoms with E-state index in [-0.39, 0.29) is 11.8 Å². The Morgan fingerprint density at radius 2 is 1.74 bits per heavy atom. The Labute approximate surface area is 115 Å². The summed E-state index contributed by atoms with van der Waals surface area (Å²) in [4.78, 5) is 16.6. The molecule has 3 aromatic rings. The zero-order valence-corrected chi connectivity index (χ0v) is 10.8. The van der Waals surface area contributed by atoms with Crippen molar-refractivity contribution in [2.24, 2.45) is 0 Å². The number of rotatable bonds is 2. The zero-order valence-electron chi connectivity index (χ0n) is 10.1. The van der Waals surface area contributed by atoms with Gasteiger partial charge >= 0.3 is 0 Å². The molecule has 0 amide bonds. The number of alkyl halides is 1. The van der Waals surface area contributed by atoms with E-state index in [2.05, 4.69) is 4.98 Å². The van der Waals surface area contributed by atoms with Crippen molar-refractivity contribution in [2.45, 2.75) is 0 Å². The highest BCUT2D eigenvalue weighted by Crippen LogP contribution is 2.24. The van der Waals surface area contributed by atoms with Gasteiger partial charge in [0.2, 0.25) is 5.91 Å². The molecular weight excluding hydrogens is 260 g/mol. The Bertz CT molecular complexity index is 734. The van der Waals surface area contributed by atoms with Crippen LogP contribution in [0.15, 0.2) is 54.6 Å². The molecular formula is C15H11ClN2O. The van der Waals surface area contributed by atoms with Crippen LogP contribution in [-0.4, -0.2) is 21.3 Å². The molecule has 1 aromatic heterocycles. The quantitative estimate of drug-likeness (QED) is 0.667. The Hall–Kier alpha value is -2.13. The topological polar surface area (TPSA) is 34.9 Å². The highest BCUT2D eigenvalue weighted by molar-refractivity contribution is 6.28. The van der Waals surface area contributed by atoms with Crippen molar-refractivity contribution in [3.63, 3.8) is 0 Å². The largest absolute Gasteiger partial charge is 0.273 e. The fourth-order valence-electron chi connectivity index (χ4n) is 2.12. The number of carbonyl (C=O) groups is 1. The lowest BCUT2D eigenvalue weighted by atomic mass is 10.2. The first kappa shape index (κ1) is 11.9. The fourth-order valence-corrected chi connectivity index (χ4v) is 2.24. The van der Waals surface area contributed by atoms with Gasteiger partial charge in [0.25, 0.3) is 0 Å². The van der Waals surface area contributed by atoms with Gasteiger partial charge in [0.05, 0.1) is 11.0 Å². The van der Waals surface area contributed by atoms with Gasteiger partial charge in [0, 0.05) is 5.56 Å². The summed E-state index contributed by atoms with van der Waals surface area (Å²) >= 11 is 5.71. The molecule has 19 heavy (non-hydrogen) atoms. The second kappa shape index (κ2) is 4.86. The molecule has 0 atom stereocenters. The van der Waals surface area contributed by atoms with Crippen molar-refractivity contribution in [1.82, 2.24) is 9.55 Å². The molecule has 3 rings (SSSR count). The van der Waals surface area contributed by atoms with Crippen molar-refractivity contribution in [2.75, 3.05) is 5.88 Å². The van der Waals surface area contributed by atoms with Crippen molar-refractivity contribution < 1.29 is 4.79 Å². The maximum Gasteiger partial charge on any atom is 0.247 e. The Kier molecular flexibility index (Phi) is 3.05. The minimum Gasteiger partial charge on any atom is -0.273 e. The molecule has 0 aliphatic heterocycles. The van der Waals surface area contributed by atoms with E-state index in [9.17, 15) is 4.79 Å². The molecule has 0 spiro atoms. The molecule has 0 fully saturated rings. The lowest BCUT2D eigenvalue weighted by molar-refractivity contribution is 0.0946. The first-order valence-corrected chi connectivity index (χ1v) is 6.47. The zero-order chi connectivity index (χ0) is 13.2. The van der Waals surface area contributed by atoms with E-state index in [1.807, 2.05) is 54.6 Å². The van der Waals surface area contributed by atoms with E-state index in [1.54, 1.807) is 4.57 Å². The number of imidazole rings is 1. The first-order chi connectivity index (χ1) is 9.31. The summed E-state index contributed by atoms with van der Waals surface area (Å²) in [5.74, 6) is 0.391. The molecule has 0 saturated heterocycles. The Balaban J connectivity index is 2.32. The van der Waals surface area contributed by atoms with Gasteiger partial charge in [-0.3, -0.25) is 9.36 Å². The number of nitrogens with zero attached hydrogens (tertiary/aromatic N) is 2. The number of para-hydroxylation sites is 2. The molecule has 0 saturated carbocycles. The third kappa shape index (κ3) is 2.02. The predicted octanol–water partition coefficient (Wildman–Crippen LogP) is 3.58. The van der Waals surface area contributed by atoms with Crippen LogP contribution < -0.4 is 0 Å². The molecule has 0 radical (unpaired) electrons.